The maximum absolute atomic E-state index is 12.5. The van der Waals surface area contributed by atoms with Crippen LogP contribution in [0.2, 0.25) is 0 Å². The van der Waals surface area contributed by atoms with Gasteiger partial charge in [0.05, 0.1) is 31.7 Å². The van der Waals surface area contributed by atoms with E-state index in [1.807, 2.05) is 40.1 Å². The van der Waals surface area contributed by atoms with Crippen molar-refractivity contribution in [3.63, 3.8) is 0 Å². The van der Waals surface area contributed by atoms with Gasteiger partial charge in [-0.3, -0.25) is 4.79 Å². The molecule has 6 rings (SSSR count). The van der Waals surface area contributed by atoms with Crippen LogP contribution in [0.4, 0.5) is 0 Å². The number of ether oxygens (including phenoxy) is 1. The lowest BCUT2D eigenvalue weighted by Crippen LogP contribution is -3.23. The number of nitrogens with one attached hydrogen (secondary N) is 1. The predicted molar refractivity (Wildman–Crippen MR) is 100 cm³/mol. The number of hydrogen-bond acceptors (Lipinski definition) is 2. The molecule has 1 aromatic rings. The van der Waals surface area contributed by atoms with E-state index in [1.165, 1.54) is 38.5 Å². The molecule has 5 fully saturated rings. The van der Waals surface area contributed by atoms with Crippen molar-refractivity contribution in [2.24, 2.45) is 17.8 Å². The molecule has 0 atom stereocenters. The summed E-state index contributed by atoms with van der Waals surface area (Å²) in [7, 11) is 0. The molecule has 4 saturated carbocycles. The number of nitrogens with zero attached hydrogens (tertiary/aromatic N) is 1. The first-order valence-corrected chi connectivity index (χ1v) is 10.5. The molecule has 4 aliphatic carbocycles. The van der Waals surface area contributed by atoms with Crippen LogP contribution in [0.3, 0.4) is 0 Å². The van der Waals surface area contributed by atoms with Crippen LogP contribution in [-0.4, -0.2) is 49.1 Å². The van der Waals surface area contributed by atoms with Crippen molar-refractivity contribution in [2.75, 3.05) is 32.8 Å². The third-order valence-corrected chi connectivity index (χ3v) is 7.61. The monoisotopic (exact) mass is 355 g/mol. The van der Waals surface area contributed by atoms with Crippen LogP contribution in [0.1, 0.15) is 38.5 Å². The molecule has 4 heteroatoms. The number of benzene rings is 1. The van der Waals surface area contributed by atoms with Gasteiger partial charge in [0.1, 0.15) is 5.75 Å². The highest BCUT2D eigenvalue weighted by Crippen LogP contribution is 2.54. The van der Waals surface area contributed by atoms with Crippen molar-refractivity contribution in [1.29, 1.82) is 0 Å². The minimum Gasteiger partial charge on any atom is -0.484 e. The highest BCUT2D eigenvalue weighted by molar-refractivity contribution is 5.77. The first-order valence-electron chi connectivity index (χ1n) is 10.5. The largest absolute Gasteiger partial charge is 0.484 e. The van der Waals surface area contributed by atoms with Crippen LogP contribution < -0.4 is 9.64 Å². The van der Waals surface area contributed by atoms with E-state index in [0.29, 0.717) is 5.54 Å². The number of para-hydroxylation sites is 1. The van der Waals surface area contributed by atoms with E-state index in [9.17, 15) is 4.79 Å². The van der Waals surface area contributed by atoms with Crippen molar-refractivity contribution < 1.29 is 14.4 Å². The highest BCUT2D eigenvalue weighted by atomic mass is 16.5. The summed E-state index contributed by atoms with van der Waals surface area (Å²) in [4.78, 5) is 16.3. The molecular weight excluding hydrogens is 324 g/mol. The van der Waals surface area contributed by atoms with Gasteiger partial charge in [-0.15, -0.1) is 0 Å². The molecule has 0 unspecified atom stereocenters. The molecule has 1 saturated heterocycles. The smallest absolute Gasteiger partial charge is 0.260 e. The zero-order valence-corrected chi connectivity index (χ0v) is 15.7. The molecule has 1 N–H and O–H groups in total. The Morgan fingerprint density at radius 1 is 1.00 bits per heavy atom. The van der Waals surface area contributed by atoms with Gasteiger partial charge in [0.2, 0.25) is 0 Å². The van der Waals surface area contributed by atoms with Crippen LogP contribution in [0, 0.1) is 17.8 Å². The molecule has 1 aliphatic heterocycles. The highest BCUT2D eigenvalue weighted by Gasteiger charge is 2.56. The number of carbonyl (C=O) groups excluding carboxylic acids is 1. The Kier molecular flexibility index (Phi) is 4.19. The van der Waals surface area contributed by atoms with Crippen LogP contribution in [-0.2, 0) is 4.79 Å². The lowest BCUT2D eigenvalue weighted by atomic mass is 9.52. The summed E-state index contributed by atoms with van der Waals surface area (Å²) in [6, 6.07) is 9.65. The minimum atomic E-state index is 0.137. The Morgan fingerprint density at radius 2 is 1.58 bits per heavy atom. The van der Waals surface area contributed by atoms with Crippen molar-refractivity contribution in [2.45, 2.75) is 44.1 Å². The van der Waals surface area contributed by atoms with E-state index in [-0.39, 0.29) is 12.5 Å². The summed E-state index contributed by atoms with van der Waals surface area (Å²) in [6.07, 6.45) is 8.90. The lowest BCUT2D eigenvalue weighted by Gasteiger charge is -2.59. The number of amides is 1. The summed E-state index contributed by atoms with van der Waals surface area (Å²) in [5.74, 6) is 3.94. The molecule has 4 bridgehead atoms. The average molecular weight is 356 g/mol. The second kappa shape index (κ2) is 6.56. The molecule has 4 nitrogen and oxygen atoms in total. The molecule has 0 spiro atoms. The van der Waals surface area contributed by atoms with E-state index >= 15 is 0 Å². The molecule has 140 valence electrons. The Labute approximate surface area is 156 Å². The third-order valence-electron chi connectivity index (χ3n) is 7.61. The SMILES string of the molecule is O=C(COc1ccccc1)N1CC[NH+](C23CC4CC(CC(C4)C2)C3)CC1. The maximum atomic E-state index is 12.5. The molecule has 1 heterocycles. The fraction of sp³-hybridized carbons (Fsp3) is 0.682. The molecule has 0 radical (unpaired) electrons. The van der Waals surface area contributed by atoms with Crippen molar-refractivity contribution in [1.82, 2.24) is 4.90 Å². The molecule has 5 aliphatic rings. The van der Waals surface area contributed by atoms with Gasteiger partial charge < -0.3 is 14.5 Å². The van der Waals surface area contributed by atoms with Gasteiger partial charge >= 0.3 is 0 Å². The summed E-state index contributed by atoms with van der Waals surface area (Å²) >= 11 is 0. The van der Waals surface area contributed by atoms with Crippen molar-refractivity contribution >= 4 is 5.91 Å². The van der Waals surface area contributed by atoms with Gasteiger partial charge in [-0.25, -0.2) is 0 Å². The lowest BCUT2D eigenvalue weighted by molar-refractivity contribution is -0.962. The van der Waals surface area contributed by atoms with E-state index in [0.717, 1.165) is 49.7 Å². The first-order chi connectivity index (χ1) is 12.7. The Balaban J connectivity index is 1.16. The topological polar surface area (TPSA) is 34.0 Å². The van der Waals surface area contributed by atoms with Gasteiger partial charge in [0, 0.05) is 19.3 Å². The predicted octanol–water partition coefficient (Wildman–Crippen LogP) is 1.76. The van der Waals surface area contributed by atoms with E-state index in [2.05, 4.69) is 0 Å². The second-order valence-electron chi connectivity index (χ2n) is 9.28. The second-order valence-corrected chi connectivity index (χ2v) is 9.28. The van der Waals surface area contributed by atoms with E-state index < -0.39 is 0 Å². The summed E-state index contributed by atoms with van der Waals surface area (Å²) in [5.41, 5.74) is 0.560. The van der Waals surface area contributed by atoms with E-state index in [1.54, 1.807) is 0 Å². The summed E-state index contributed by atoms with van der Waals surface area (Å²) < 4.78 is 5.65. The summed E-state index contributed by atoms with van der Waals surface area (Å²) in [5, 5.41) is 0. The van der Waals surface area contributed by atoms with Crippen LogP contribution in [0.15, 0.2) is 30.3 Å². The van der Waals surface area contributed by atoms with E-state index in [4.69, 9.17) is 4.74 Å². The fourth-order valence-corrected chi connectivity index (χ4v) is 6.85. The van der Waals surface area contributed by atoms with Crippen molar-refractivity contribution in [3.05, 3.63) is 30.3 Å². The molecule has 1 amide bonds. The standard InChI is InChI=1S/C22H30N2O2/c25-21(16-26-20-4-2-1-3-5-20)23-6-8-24(9-7-23)22-13-17-10-18(14-22)12-19(11-17)15-22/h1-5,17-19H,6-16H2/p+1. The number of carbonyl (C=O) groups is 1. The normalized spacial score (nSPS) is 36.3. The Bertz CT molecular complexity index is 616. The number of piperazine rings is 1. The molecular formula is C22H31N2O2+. The van der Waals surface area contributed by atoms with Gasteiger partial charge in [0.25, 0.3) is 5.91 Å². The third kappa shape index (κ3) is 3.02. The zero-order chi connectivity index (χ0) is 17.6. The van der Waals surface area contributed by atoms with Gasteiger partial charge in [0.15, 0.2) is 6.61 Å². The van der Waals surface area contributed by atoms with Crippen LogP contribution in [0.5, 0.6) is 5.75 Å². The molecule has 1 aromatic carbocycles. The number of rotatable bonds is 4. The number of hydrogen-bond donors (Lipinski definition) is 1. The fourth-order valence-electron chi connectivity index (χ4n) is 6.85. The first kappa shape index (κ1) is 16.6. The van der Waals surface area contributed by atoms with Crippen molar-refractivity contribution in [3.8, 4) is 5.75 Å². The van der Waals surface area contributed by atoms with Gasteiger partial charge in [-0.05, 0) is 49.1 Å². The van der Waals surface area contributed by atoms with Crippen LogP contribution >= 0.6 is 0 Å². The number of quaternary nitrogens is 1. The van der Waals surface area contributed by atoms with Crippen LogP contribution in [0.25, 0.3) is 0 Å². The summed E-state index contributed by atoms with van der Waals surface area (Å²) in [6.45, 7) is 4.21. The molecule has 0 aromatic heterocycles. The minimum absolute atomic E-state index is 0.137. The molecule has 26 heavy (non-hydrogen) atoms. The Hall–Kier alpha value is -1.55. The quantitative estimate of drug-likeness (QED) is 0.893. The maximum Gasteiger partial charge on any atom is 0.260 e. The average Bonchev–Trinajstić information content (AvgIpc) is 2.66. The van der Waals surface area contributed by atoms with Gasteiger partial charge in [-0.1, -0.05) is 18.2 Å². The zero-order valence-electron chi connectivity index (χ0n) is 15.7. The van der Waals surface area contributed by atoms with Gasteiger partial charge in [-0.2, -0.15) is 0 Å². The Morgan fingerprint density at radius 3 is 2.15 bits per heavy atom.